The highest BCUT2D eigenvalue weighted by Crippen LogP contribution is 2.10. The van der Waals surface area contributed by atoms with Gasteiger partial charge in [0.05, 0.1) is 13.7 Å². The van der Waals surface area contributed by atoms with Gasteiger partial charge in [-0.15, -0.1) is 10.2 Å². The molecule has 0 spiro atoms. The quantitative estimate of drug-likeness (QED) is 0.742. The molecule has 1 saturated heterocycles. The highest BCUT2D eigenvalue weighted by molar-refractivity contribution is 4.73. The van der Waals surface area contributed by atoms with Crippen LogP contribution in [0.3, 0.4) is 0 Å². The number of aryl methyl sites for hydroxylation is 1. The van der Waals surface area contributed by atoms with Crippen LogP contribution in [0.5, 0.6) is 0 Å². The first-order valence-corrected chi connectivity index (χ1v) is 5.36. The molecule has 1 unspecified atom stereocenters. The van der Waals surface area contributed by atoms with Gasteiger partial charge < -0.3 is 10.1 Å². The predicted molar refractivity (Wildman–Crippen MR) is 54.0 cm³/mol. The molecular formula is C9H17N5O. The fourth-order valence-corrected chi connectivity index (χ4v) is 1.76. The second-order valence-corrected chi connectivity index (χ2v) is 3.92. The number of aromatic nitrogens is 4. The second-order valence-electron chi connectivity index (χ2n) is 3.92. The Morgan fingerprint density at radius 3 is 3.20 bits per heavy atom. The number of ether oxygens (including phenoxy) is 1. The van der Waals surface area contributed by atoms with Crippen molar-refractivity contribution in [2.45, 2.75) is 19.4 Å². The van der Waals surface area contributed by atoms with Crippen molar-refractivity contribution in [1.82, 2.24) is 25.5 Å². The van der Waals surface area contributed by atoms with Crippen LogP contribution in [0.4, 0.5) is 0 Å². The molecule has 0 aromatic carbocycles. The topological polar surface area (TPSA) is 64.9 Å². The number of hydrogen-bond acceptors (Lipinski definition) is 5. The minimum atomic E-state index is 0.463. The molecular weight excluding hydrogens is 194 g/mol. The molecule has 1 aliphatic rings. The van der Waals surface area contributed by atoms with E-state index in [1.165, 1.54) is 17.6 Å². The number of rotatable bonds is 4. The first kappa shape index (κ1) is 10.5. The van der Waals surface area contributed by atoms with E-state index in [9.17, 15) is 0 Å². The van der Waals surface area contributed by atoms with Gasteiger partial charge >= 0.3 is 0 Å². The van der Waals surface area contributed by atoms with E-state index in [4.69, 9.17) is 4.74 Å². The van der Waals surface area contributed by atoms with Crippen molar-refractivity contribution in [2.75, 3.05) is 19.7 Å². The lowest BCUT2D eigenvalue weighted by Gasteiger charge is -2.22. The maximum atomic E-state index is 5.55. The Labute approximate surface area is 89.0 Å². The summed E-state index contributed by atoms with van der Waals surface area (Å²) in [6, 6.07) is 0. The molecule has 0 saturated carbocycles. The lowest BCUT2D eigenvalue weighted by molar-refractivity contribution is 0.0741. The van der Waals surface area contributed by atoms with E-state index < -0.39 is 0 Å². The molecule has 0 aliphatic carbocycles. The largest absolute Gasteiger partial charge is 0.373 e. The van der Waals surface area contributed by atoms with E-state index in [1.54, 1.807) is 7.05 Å². The van der Waals surface area contributed by atoms with Crippen molar-refractivity contribution in [3.63, 3.8) is 0 Å². The zero-order valence-electron chi connectivity index (χ0n) is 9.02. The summed E-state index contributed by atoms with van der Waals surface area (Å²) in [5, 5.41) is 15.0. The maximum absolute atomic E-state index is 5.55. The van der Waals surface area contributed by atoms with Crippen molar-refractivity contribution in [3.8, 4) is 0 Å². The highest BCUT2D eigenvalue weighted by atomic mass is 16.5. The Hall–Kier alpha value is -1.01. The SMILES string of the molecule is Cn1nnc(COCC2CCCNC2)n1. The lowest BCUT2D eigenvalue weighted by atomic mass is 10.0. The number of hydrogen-bond donors (Lipinski definition) is 1. The van der Waals surface area contributed by atoms with Gasteiger partial charge in [0.15, 0.2) is 5.82 Å². The minimum Gasteiger partial charge on any atom is -0.373 e. The summed E-state index contributed by atoms with van der Waals surface area (Å²) in [7, 11) is 1.75. The second kappa shape index (κ2) is 5.18. The minimum absolute atomic E-state index is 0.463. The van der Waals surface area contributed by atoms with E-state index in [-0.39, 0.29) is 0 Å². The Balaban J connectivity index is 1.65. The van der Waals surface area contributed by atoms with Crippen LogP contribution in [0.1, 0.15) is 18.7 Å². The Morgan fingerprint density at radius 2 is 2.53 bits per heavy atom. The Kier molecular flexibility index (Phi) is 3.63. The summed E-state index contributed by atoms with van der Waals surface area (Å²) in [5.41, 5.74) is 0. The summed E-state index contributed by atoms with van der Waals surface area (Å²) in [4.78, 5) is 1.45. The van der Waals surface area contributed by atoms with Gasteiger partial charge in [0.1, 0.15) is 6.61 Å². The first-order chi connectivity index (χ1) is 7.34. The number of nitrogens with zero attached hydrogens (tertiary/aromatic N) is 4. The van der Waals surface area contributed by atoms with Crippen molar-refractivity contribution in [3.05, 3.63) is 5.82 Å². The molecule has 6 nitrogen and oxygen atoms in total. The Morgan fingerprint density at radius 1 is 1.60 bits per heavy atom. The highest BCUT2D eigenvalue weighted by Gasteiger charge is 2.13. The van der Waals surface area contributed by atoms with Gasteiger partial charge in [0.2, 0.25) is 0 Å². The monoisotopic (exact) mass is 211 g/mol. The van der Waals surface area contributed by atoms with Crippen LogP contribution in [-0.4, -0.2) is 39.9 Å². The average Bonchev–Trinajstić information content (AvgIpc) is 2.66. The molecule has 1 fully saturated rings. The molecule has 1 aromatic rings. The number of nitrogens with one attached hydrogen (secondary N) is 1. The fourth-order valence-electron chi connectivity index (χ4n) is 1.76. The molecule has 1 aromatic heterocycles. The molecule has 0 radical (unpaired) electrons. The molecule has 2 rings (SSSR count). The van der Waals surface area contributed by atoms with Gasteiger partial charge in [0, 0.05) is 6.54 Å². The van der Waals surface area contributed by atoms with Crippen LogP contribution in [0.2, 0.25) is 0 Å². The first-order valence-electron chi connectivity index (χ1n) is 5.36. The predicted octanol–water partition coefficient (Wildman–Crippen LogP) is -0.274. The number of piperidine rings is 1. The maximum Gasteiger partial charge on any atom is 0.200 e. The smallest absolute Gasteiger partial charge is 0.200 e. The van der Waals surface area contributed by atoms with Crippen molar-refractivity contribution in [1.29, 1.82) is 0 Å². The van der Waals surface area contributed by atoms with E-state index in [1.807, 2.05) is 0 Å². The average molecular weight is 211 g/mol. The van der Waals surface area contributed by atoms with Crippen LogP contribution in [0, 0.1) is 5.92 Å². The van der Waals surface area contributed by atoms with Crippen molar-refractivity contribution in [2.24, 2.45) is 13.0 Å². The number of tetrazole rings is 1. The van der Waals surface area contributed by atoms with Gasteiger partial charge in [-0.3, -0.25) is 0 Å². The zero-order chi connectivity index (χ0) is 10.5. The third-order valence-electron chi connectivity index (χ3n) is 2.53. The molecule has 1 aliphatic heterocycles. The van der Waals surface area contributed by atoms with Gasteiger partial charge in [-0.1, -0.05) is 0 Å². The summed E-state index contributed by atoms with van der Waals surface area (Å²) in [6.07, 6.45) is 2.50. The fraction of sp³-hybridized carbons (Fsp3) is 0.889. The molecule has 1 N–H and O–H groups in total. The van der Waals surface area contributed by atoms with E-state index >= 15 is 0 Å². The molecule has 6 heteroatoms. The van der Waals surface area contributed by atoms with Crippen LogP contribution >= 0.6 is 0 Å². The van der Waals surface area contributed by atoms with Crippen molar-refractivity contribution >= 4 is 0 Å². The van der Waals surface area contributed by atoms with Gasteiger partial charge in [-0.2, -0.15) is 4.80 Å². The molecule has 0 amide bonds. The van der Waals surface area contributed by atoms with E-state index in [0.717, 1.165) is 19.7 Å². The van der Waals surface area contributed by atoms with Gasteiger partial charge in [-0.25, -0.2) is 0 Å². The molecule has 0 bridgehead atoms. The third-order valence-corrected chi connectivity index (χ3v) is 2.53. The molecule has 84 valence electrons. The third kappa shape index (κ3) is 3.24. The summed E-state index contributed by atoms with van der Waals surface area (Å²) in [5.74, 6) is 1.29. The van der Waals surface area contributed by atoms with E-state index in [0.29, 0.717) is 18.3 Å². The molecule has 2 heterocycles. The normalized spacial score (nSPS) is 21.8. The van der Waals surface area contributed by atoms with E-state index in [2.05, 4.69) is 20.7 Å². The Bertz CT molecular complexity index is 294. The van der Waals surface area contributed by atoms with Gasteiger partial charge in [-0.05, 0) is 30.5 Å². The standard InChI is InChI=1S/C9H17N5O/c1-14-12-9(11-13-14)7-15-6-8-3-2-4-10-5-8/h8,10H,2-7H2,1H3. The summed E-state index contributed by atoms with van der Waals surface area (Å²) >= 11 is 0. The summed E-state index contributed by atoms with van der Waals surface area (Å²) < 4.78 is 5.55. The van der Waals surface area contributed by atoms with Crippen LogP contribution in [0.25, 0.3) is 0 Å². The van der Waals surface area contributed by atoms with Crippen LogP contribution in [0.15, 0.2) is 0 Å². The van der Waals surface area contributed by atoms with Crippen LogP contribution < -0.4 is 5.32 Å². The molecule has 1 atom stereocenters. The van der Waals surface area contributed by atoms with Crippen LogP contribution in [-0.2, 0) is 18.4 Å². The van der Waals surface area contributed by atoms with Gasteiger partial charge in [0.25, 0.3) is 0 Å². The van der Waals surface area contributed by atoms with Crippen molar-refractivity contribution < 1.29 is 4.74 Å². The summed E-state index contributed by atoms with van der Waals surface area (Å²) in [6.45, 7) is 3.45. The zero-order valence-corrected chi connectivity index (χ0v) is 9.02. The lowest BCUT2D eigenvalue weighted by Crippen LogP contribution is -2.32. The molecule has 15 heavy (non-hydrogen) atoms.